The fraction of sp³-hybridized carbons (Fsp3) is 0.200. The quantitative estimate of drug-likeness (QED) is 0.640. The molecule has 0 atom stereocenters. The molecule has 0 unspecified atom stereocenters. The van der Waals surface area contributed by atoms with Gasteiger partial charge in [0.25, 0.3) is 5.69 Å². The zero-order chi connectivity index (χ0) is 12.3. The van der Waals surface area contributed by atoms with E-state index in [9.17, 15) is 10.1 Å². The van der Waals surface area contributed by atoms with Crippen molar-refractivity contribution >= 4 is 11.4 Å². The molecule has 2 rings (SSSR count). The van der Waals surface area contributed by atoms with Gasteiger partial charge >= 0.3 is 0 Å². The van der Waals surface area contributed by atoms with Crippen LogP contribution in [0.25, 0.3) is 5.69 Å². The minimum absolute atomic E-state index is 0.0222. The van der Waals surface area contributed by atoms with E-state index >= 15 is 0 Å². The van der Waals surface area contributed by atoms with Crippen LogP contribution in [-0.2, 0) is 0 Å². The maximum atomic E-state index is 10.8. The molecule has 1 N–H and O–H groups in total. The third-order valence-corrected chi connectivity index (χ3v) is 2.18. The van der Waals surface area contributed by atoms with Crippen LogP contribution < -0.4 is 5.32 Å². The Balaban J connectivity index is 2.48. The van der Waals surface area contributed by atoms with E-state index in [0.717, 1.165) is 0 Å². The monoisotopic (exact) mass is 233 g/mol. The first-order valence-corrected chi connectivity index (χ1v) is 5.09. The van der Waals surface area contributed by atoms with Crippen molar-refractivity contribution in [3.8, 4) is 5.69 Å². The van der Waals surface area contributed by atoms with Crippen molar-refractivity contribution in [3.05, 3.63) is 41.0 Å². The van der Waals surface area contributed by atoms with Crippen LogP contribution in [0.4, 0.5) is 11.4 Å². The van der Waals surface area contributed by atoms with Gasteiger partial charge in [0.05, 0.1) is 10.6 Å². The maximum Gasteiger partial charge on any atom is 0.273 e. The standard InChI is InChI=1S/C10H11N5O2/c1-2-12-8-3-9(14-7-11-6-13-14)5-10(4-8)15(16)17/h3-7,12H,2H2,1H3. The van der Waals surface area contributed by atoms with Gasteiger partial charge in [0.15, 0.2) is 0 Å². The predicted molar refractivity (Wildman–Crippen MR) is 62.2 cm³/mol. The number of nitro benzene ring substituents is 1. The first-order chi connectivity index (χ1) is 8.20. The first kappa shape index (κ1) is 11.1. The number of anilines is 1. The number of benzene rings is 1. The lowest BCUT2D eigenvalue weighted by Crippen LogP contribution is -2.01. The Kier molecular flexibility index (Phi) is 2.99. The van der Waals surface area contributed by atoms with E-state index in [1.807, 2.05) is 6.92 Å². The van der Waals surface area contributed by atoms with Gasteiger partial charge in [-0.3, -0.25) is 10.1 Å². The van der Waals surface area contributed by atoms with Gasteiger partial charge in [-0.25, -0.2) is 9.67 Å². The van der Waals surface area contributed by atoms with Crippen molar-refractivity contribution in [3.63, 3.8) is 0 Å². The van der Waals surface area contributed by atoms with Crippen molar-refractivity contribution in [1.82, 2.24) is 14.8 Å². The molecule has 2 aromatic rings. The molecule has 1 aromatic heterocycles. The minimum atomic E-state index is -0.429. The van der Waals surface area contributed by atoms with Crippen LogP contribution >= 0.6 is 0 Å². The molecular weight excluding hydrogens is 222 g/mol. The average Bonchev–Trinajstić information content (AvgIpc) is 2.82. The van der Waals surface area contributed by atoms with Crippen LogP contribution in [0.3, 0.4) is 0 Å². The molecule has 0 aliphatic rings. The van der Waals surface area contributed by atoms with E-state index in [-0.39, 0.29) is 5.69 Å². The van der Waals surface area contributed by atoms with E-state index in [2.05, 4.69) is 15.4 Å². The Labute approximate surface area is 97.2 Å². The summed E-state index contributed by atoms with van der Waals surface area (Å²) in [5, 5.41) is 17.8. The van der Waals surface area contributed by atoms with Crippen LogP contribution in [0.1, 0.15) is 6.92 Å². The molecule has 7 nitrogen and oxygen atoms in total. The highest BCUT2D eigenvalue weighted by atomic mass is 16.6. The largest absolute Gasteiger partial charge is 0.385 e. The molecule has 0 aliphatic heterocycles. The van der Waals surface area contributed by atoms with E-state index in [4.69, 9.17) is 0 Å². The summed E-state index contributed by atoms with van der Waals surface area (Å²) in [5.41, 5.74) is 1.31. The molecule has 0 radical (unpaired) electrons. The normalized spacial score (nSPS) is 10.2. The number of nitro groups is 1. The summed E-state index contributed by atoms with van der Waals surface area (Å²) in [6.45, 7) is 2.62. The van der Waals surface area contributed by atoms with E-state index < -0.39 is 4.92 Å². The lowest BCUT2D eigenvalue weighted by molar-refractivity contribution is -0.384. The molecule has 0 spiro atoms. The van der Waals surface area contributed by atoms with Crippen LogP contribution in [0.15, 0.2) is 30.9 Å². The molecule has 1 aromatic carbocycles. The fourth-order valence-electron chi connectivity index (χ4n) is 1.48. The van der Waals surface area contributed by atoms with Crippen LogP contribution in [-0.4, -0.2) is 26.2 Å². The predicted octanol–water partition coefficient (Wildman–Crippen LogP) is 1.61. The number of non-ortho nitro benzene ring substituents is 1. The smallest absolute Gasteiger partial charge is 0.273 e. The zero-order valence-corrected chi connectivity index (χ0v) is 9.20. The van der Waals surface area contributed by atoms with E-state index in [1.54, 1.807) is 6.07 Å². The summed E-state index contributed by atoms with van der Waals surface area (Å²) in [5.74, 6) is 0. The fourth-order valence-corrected chi connectivity index (χ4v) is 1.48. The third kappa shape index (κ3) is 2.39. The second-order valence-electron chi connectivity index (χ2n) is 3.37. The van der Waals surface area contributed by atoms with Crippen molar-refractivity contribution in [2.45, 2.75) is 6.92 Å². The van der Waals surface area contributed by atoms with Crippen LogP contribution in [0.2, 0.25) is 0 Å². The van der Waals surface area contributed by atoms with Gasteiger partial charge in [0.1, 0.15) is 12.7 Å². The van der Waals surface area contributed by atoms with Gasteiger partial charge in [0.2, 0.25) is 0 Å². The Morgan fingerprint density at radius 3 is 2.88 bits per heavy atom. The molecule has 0 fully saturated rings. The lowest BCUT2D eigenvalue weighted by atomic mass is 10.2. The molecule has 1 heterocycles. The highest BCUT2D eigenvalue weighted by molar-refractivity contribution is 5.58. The molecule has 0 saturated heterocycles. The lowest BCUT2D eigenvalue weighted by Gasteiger charge is -2.06. The topological polar surface area (TPSA) is 85.9 Å². The van der Waals surface area contributed by atoms with Gasteiger partial charge in [-0.2, -0.15) is 5.10 Å². The summed E-state index contributed by atoms with van der Waals surface area (Å²) in [6.07, 6.45) is 2.88. The summed E-state index contributed by atoms with van der Waals surface area (Å²) in [6, 6.07) is 4.73. The summed E-state index contributed by atoms with van der Waals surface area (Å²) in [4.78, 5) is 14.2. The van der Waals surface area contributed by atoms with E-state index in [1.165, 1.54) is 29.5 Å². The molecule has 0 saturated carbocycles. The Morgan fingerprint density at radius 1 is 1.47 bits per heavy atom. The van der Waals surface area contributed by atoms with E-state index in [0.29, 0.717) is 17.9 Å². The molecule has 0 amide bonds. The van der Waals surface area contributed by atoms with Gasteiger partial charge in [-0.05, 0) is 13.0 Å². The summed E-state index contributed by atoms with van der Waals surface area (Å²) in [7, 11) is 0. The summed E-state index contributed by atoms with van der Waals surface area (Å²) >= 11 is 0. The number of aromatic nitrogens is 3. The molecule has 88 valence electrons. The molecule has 17 heavy (non-hydrogen) atoms. The van der Waals surface area contributed by atoms with Gasteiger partial charge < -0.3 is 5.32 Å². The molecule has 7 heteroatoms. The van der Waals surface area contributed by atoms with Crippen LogP contribution in [0.5, 0.6) is 0 Å². The Hall–Kier alpha value is -2.44. The molecule has 0 aliphatic carbocycles. The van der Waals surface area contributed by atoms with Crippen molar-refractivity contribution in [2.24, 2.45) is 0 Å². The Morgan fingerprint density at radius 2 is 2.29 bits per heavy atom. The van der Waals surface area contributed by atoms with Crippen LogP contribution in [0, 0.1) is 10.1 Å². The Bertz CT molecular complexity index is 523. The maximum absolute atomic E-state index is 10.8. The highest BCUT2D eigenvalue weighted by Gasteiger charge is 2.10. The molecular formula is C10H11N5O2. The highest BCUT2D eigenvalue weighted by Crippen LogP contribution is 2.22. The van der Waals surface area contributed by atoms with Gasteiger partial charge in [-0.1, -0.05) is 0 Å². The van der Waals surface area contributed by atoms with Crippen molar-refractivity contribution in [1.29, 1.82) is 0 Å². The second-order valence-corrected chi connectivity index (χ2v) is 3.37. The number of nitrogens with one attached hydrogen (secondary N) is 1. The van der Waals surface area contributed by atoms with Gasteiger partial charge in [-0.15, -0.1) is 0 Å². The number of nitrogens with zero attached hydrogens (tertiary/aromatic N) is 4. The zero-order valence-electron chi connectivity index (χ0n) is 9.20. The van der Waals surface area contributed by atoms with Crippen molar-refractivity contribution < 1.29 is 4.92 Å². The van der Waals surface area contributed by atoms with Gasteiger partial charge in [0, 0.05) is 24.4 Å². The SMILES string of the molecule is CCNc1cc(-n2cncn2)cc([N+](=O)[O-])c1. The van der Waals surface area contributed by atoms with Crippen molar-refractivity contribution in [2.75, 3.05) is 11.9 Å². The summed E-state index contributed by atoms with van der Waals surface area (Å²) < 4.78 is 1.48. The number of hydrogen-bond acceptors (Lipinski definition) is 5. The first-order valence-electron chi connectivity index (χ1n) is 5.09. The third-order valence-electron chi connectivity index (χ3n) is 2.18. The minimum Gasteiger partial charge on any atom is -0.385 e. The number of rotatable bonds is 4. The average molecular weight is 233 g/mol. The second kappa shape index (κ2) is 4.60. The molecule has 0 bridgehead atoms. The number of hydrogen-bond donors (Lipinski definition) is 1.